The molecular formula is C16H18ClFN2O3. The molecule has 0 aromatic heterocycles. The second-order valence-corrected chi connectivity index (χ2v) is 6.71. The van der Waals surface area contributed by atoms with Crippen molar-refractivity contribution >= 4 is 29.3 Å². The van der Waals surface area contributed by atoms with E-state index in [1.165, 1.54) is 12.1 Å². The van der Waals surface area contributed by atoms with Gasteiger partial charge in [0.2, 0.25) is 17.7 Å². The number of amides is 3. The summed E-state index contributed by atoms with van der Waals surface area (Å²) in [7, 11) is 0. The number of nitrogens with one attached hydrogen (secondary N) is 2. The van der Waals surface area contributed by atoms with Gasteiger partial charge in [0.05, 0.1) is 5.92 Å². The summed E-state index contributed by atoms with van der Waals surface area (Å²) in [6.45, 7) is 3.99. The Kier molecular flexibility index (Phi) is 5.04. The molecule has 0 unspecified atom stereocenters. The molecule has 1 aliphatic rings. The largest absolute Gasteiger partial charge is 0.355 e. The van der Waals surface area contributed by atoms with Crippen molar-refractivity contribution in [3.05, 3.63) is 34.6 Å². The molecule has 0 radical (unpaired) electrons. The van der Waals surface area contributed by atoms with Crippen LogP contribution in [0.1, 0.15) is 32.3 Å². The number of rotatable bonds is 4. The highest BCUT2D eigenvalue weighted by Crippen LogP contribution is 2.30. The predicted molar refractivity (Wildman–Crippen MR) is 83.3 cm³/mol. The van der Waals surface area contributed by atoms with Gasteiger partial charge in [-0.2, -0.15) is 0 Å². The molecule has 0 spiro atoms. The van der Waals surface area contributed by atoms with Crippen molar-refractivity contribution in [2.45, 2.75) is 32.1 Å². The summed E-state index contributed by atoms with van der Waals surface area (Å²) in [6.07, 6.45) is -0.00931. The fraction of sp³-hybridized carbons (Fsp3) is 0.438. The number of imide groups is 1. The van der Waals surface area contributed by atoms with Gasteiger partial charge in [0.1, 0.15) is 5.82 Å². The molecule has 23 heavy (non-hydrogen) atoms. The third kappa shape index (κ3) is 4.28. The molecule has 0 aliphatic carbocycles. The van der Waals surface area contributed by atoms with Crippen molar-refractivity contribution in [1.29, 1.82) is 0 Å². The van der Waals surface area contributed by atoms with Crippen molar-refractivity contribution in [2.24, 2.45) is 5.92 Å². The third-order valence-electron chi connectivity index (χ3n) is 3.88. The molecule has 0 atom stereocenters. The van der Waals surface area contributed by atoms with Gasteiger partial charge in [-0.25, -0.2) is 4.39 Å². The van der Waals surface area contributed by atoms with Gasteiger partial charge >= 0.3 is 0 Å². The van der Waals surface area contributed by atoms with Crippen LogP contribution in [0.15, 0.2) is 18.2 Å². The average Bonchev–Trinajstić information content (AvgIpc) is 2.43. The first-order valence-corrected chi connectivity index (χ1v) is 7.63. The minimum atomic E-state index is -0.657. The van der Waals surface area contributed by atoms with E-state index in [2.05, 4.69) is 10.6 Å². The van der Waals surface area contributed by atoms with E-state index >= 15 is 0 Å². The van der Waals surface area contributed by atoms with E-state index in [1.54, 1.807) is 6.07 Å². The lowest BCUT2D eigenvalue weighted by Crippen LogP contribution is -2.46. The number of piperidine rings is 1. The van der Waals surface area contributed by atoms with E-state index < -0.39 is 29.0 Å². The Morgan fingerprint density at radius 2 is 1.96 bits per heavy atom. The zero-order valence-corrected chi connectivity index (χ0v) is 13.7. The summed E-state index contributed by atoms with van der Waals surface area (Å²) >= 11 is 6.07. The normalized spacial score (nSPS) is 16.2. The summed E-state index contributed by atoms with van der Waals surface area (Å²) in [6, 6.07) is 4.13. The SMILES string of the molecule is CC(C)(CNC(=O)C1CC(=O)NC(=O)C1)c1ccc(F)cc1Cl. The molecule has 2 rings (SSSR count). The van der Waals surface area contributed by atoms with Crippen LogP contribution in [0.2, 0.25) is 5.02 Å². The summed E-state index contributed by atoms with van der Waals surface area (Å²) in [5.74, 6) is -2.31. The predicted octanol–water partition coefficient (Wildman–Crippen LogP) is 1.93. The molecule has 2 N–H and O–H groups in total. The monoisotopic (exact) mass is 340 g/mol. The second-order valence-electron chi connectivity index (χ2n) is 6.30. The fourth-order valence-corrected chi connectivity index (χ4v) is 2.97. The Hall–Kier alpha value is -1.95. The van der Waals surface area contributed by atoms with Gasteiger partial charge in [-0.05, 0) is 17.7 Å². The standard InChI is InChI=1S/C16H18ClFN2O3/c1-16(2,11-4-3-10(18)7-12(11)17)8-19-15(23)9-5-13(21)20-14(22)6-9/h3-4,7,9H,5-6,8H2,1-2H3,(H,19,23)(H,20,21,22). The lowest BCUT2D eigenvalue weighted by atomic mass is 9.84. The van der Waals surface area contributed by atoms with Crippen LogP contribution < -0.4 is 10.6 Å². The molecule has 1 aromatic carbocycles. The topological polar surface area (TPSA) is 75.3 Å². The van der Waals surface area contributed by atoms with Crippen LogP contribution in [-0.2, 0) is 19.8 Å². The summed E-state index contributed by atoms with van der Waals surface area (Å²) in [5, 5.41) is 5.20. The molecule has 124 valence electrons. The summed E-state index contributed by atoms with van der Waals surface area (Å²) < 4.78 is 13.1. The van der Waals surface area contributed by atoms with Crippen LogP contribution in [0, 0.1) is 11.7 Å². The molecule has 5 nitrogen and oxygen atoms in total. The first-order chi connectivity index (χ1) is 10.7. The van der Waals surface area contributed by atoms with Crippen molar-refractivity contribution in [1.82, 2.24) is 10.6 Å². The van der Waals surface area contributed by atoms with Crippen LogP contribution >= 0.6 is 11.6 Å². The van der Waals surface area contributed by atoms with Crippen LogP contribution in [0.3, 0.4) is 0 Å². The Labute approximate surface area is 138 Å². The maximum atomic E-state index is 13.1. The third-order valence-corrected chi connectivity index (χ3v) is 4.19. The van der Waals surface area contributed by atoms with Crippen LogP contribution in [0.5, 0.6) is 0 Å². The maximum Gasteiger partial charge on any atom is 0.227 e. The molecule has 1 heterocycles. The molecule has 0 saturated carbocycles. The Morgan fingerprint density at radius 3 is 2.52 bits per heavy atom. The number of carbonyl (C=O) groups is 3. The van der Waals surface area contributed by atoms with Gasteiger partial charge in [0, 0.05) is 29.8 Å². The molecule has 1 saturated heterocycles. The number of hydrogen-bond acceptors (Lipinski definition) is 3. The van der Waals surface area contributed by atoms with Gasteiger partial charge in [-0.1, -0.05) is 31.5 Å². The molecule has 3 amide bonds. The van der Waals surface area contributed by atoms with Crippen molar-refractivity contribution in [3.63, 3.8) is 0 Å². The Morgan fingerprint density at radius 1 is 1.35 bits per heavy atom. The van der Waals surface area contributed by atoms with Crippen molar-refractivity contribution in [3.8, 4) is 0 Å². The van der Waals surface area contributed by atoms with Crippen LogP contribution in [-0.4, -0.2) is 24.3 Å². The highest BCUT2D eigenvalue weighted by molar-refractivity contribution is 6.31. The number of carbonyl (C=O) groups excluding carboxylic acids is 3. The lowest BCUT2D eigenvalue weighted by molar-refractivity contribution is -0.140. The number of benzene rings is 1. The molecule has 7 heteroatoms. The van der Waals surface area contributed by atoms with Crippen LogP contribution in [0.4, 0.5) is 4.39 Å². The molecule has 1 aromatic rings. The van der Waals surface area contributed by atoms with E-state index in [0.717, 1.165) is 0 Å². The fourth-order valence-electron chi connectivity index (χ4n) is 2.55. The smallest absolute Gasteiger partial charge is 0.227 e. The van der Waals surface area contributed by atoms with Crippen molar-refractivity contribution < 1.29 is 18.8 Å². The number of halogens is 2. The molecule has 0 bridgehead atoms. The van der Waals surface area contributed by atoms with Crippen molar-refractivity contribution in [2.75, 3.05) is 6.54 Å². The van der Waals surface area contributed by atoms with E-state index in [4.69, 9.17) is 11.6 Å². The highest BCUT2D eigenvalue weighted by Gasteiger charge is 2.32. The van der Waals surface area contributed by atoms with E-state index in [0.29, 0.717) is 5.56 Å². The summed E-state index contributed by atoms with van der Waals surface area (Å²) in [5.41, 5.74) is 0.180. The van der Waals surface area contributed by atoms with E-state index in [9.17, 15) is 18.8 Å². The molecular weight excluding hydrogens is 323 g/mol. The van der Waals surface area contributed by atoms with Gasteiger partial charge < -0.3 is 5.32 Å². The Bertz CT molecular complexity index is 645. The summed E-state index contributed by atoms with van der Waals surface area (Å²) in [4.78, 5) is 34.8. The maximum absolute atomic E-state index is 13.1. The quantitative estimate of drug-likeness (QED) is 0.822. The van der Waals surface area contributed by atoms with Gasteiger partial charge in [0.15, 0.2) is 0 Å². The average molecular weight is 341 g/mol. The zero-order valence-electron chi connectivity index (χ0n) is 12.9. The minimum absolute atomic E-state index is 0.00466. The minimum Gasteiger partial charge on any atom is -0.355 e. The van der Waals surface area contributed by atoms with E-state index in [-0.39, 0.29) is 30.3 Å². The van der Waals surface area contributed by atoms with Crippen LogP contribution in [0.25, 0.3) is 0 Å². The van der Waals surface area contributed by atoms with Gasteiger partial charge in [-0.3, -0.25) is 19.7 Å². The van der Waals surface area contributed by atoms with Gasteiger partial charge in [0.25, 0.3) is 0 Å². The zero-order chi connectivity index (χ0) is 17.2. The molecule has 1 aliphatic heterocycles. The first-order valence-electron chi connectivity index (χ1n) is 7.25. The number of hydrogen-bond donors (Lipinski definition) is 2. The van der Waals surface area contributed by atoms with E-state index in [1.807, 2.05) is 13.8 Å². The first kappa shape index (κ1) is 17.4. The highest BCUT2D eigenvalue weighted by atomic mass is 35.5. The lowest BCUT2D eigenvalue weighted by Gasteiger charge is -2.28. The van der Waals surface area contributed by atoms with Gasteiger partial charge in [-0.15, -0.1) is 0 Å². The molecule has 1 fully saturated rings. The second kappa shape index (κ2) is 6.66. The Balaban J connectivity index is 2.02.